The Morgan fingerprint density at radius 2 is 1.69 bits per heavy atom. The Morgan fingerprint density at radius 1 is 1.00 bits per heavy atom. The molecule has 3 aromatic carbocycles. The molecule has 0 unspecified atom stereocenters. The third kappa shape index (κ3) is 7.03. The minimum absolute atomic E-state index is 0.0105. The lowest BCUT2D eigenvalue weighted by molar-refractivity contribution is -0.185. The van der Waals surface area contributed by atoms with Crippen molar-refractivity contribution in [3.05, 3.63) is 90.2 Å². The number of fused-ring (bicyclic) bond motifs is 1. The van der Waals surface area contributed by atoms with E-state index in [1.165, 1.54) is 4.90 Å². The third-order valence-electron chi connectivity index (χ3n) is 7.30. The van der Waals surface area contributed by atoms with E-state index in [-0.39, 0.29) is 63.3 Å². The van der Waals surface area contributed by atoms with Crippen LogP contribution in [0.15, 0.2) is 83.3 Å². The number of alkyl halides is 3. The van der Waals surface area contributed by atoms with Crippen molar-refractivity contribution in [1.82, 2.24) is 9.80 Å². The number of likely N-dealkylation sites (tertiary alicyclic amines) is 1. The molecule has 2 heterocycles. The Kier molecular flexibility index (Phi) is 8.67. The largest absolute Gasteiger partial charge is 0.492 e. The number of furan rings is 1. The van der Waals surface area contributed by atoms with Crippen molar-refractivity contribution < 1.29 is 31.9 Å². The molecular weight excluding hydrogens is 549 g/mol. The number of amides is 2. The number of piperidine rings is 1. The van der Waals surface area contributed by atoms with Crippen LogP contribution in [0, 0.1) is 5.92 Å². The van der Waals surface area contributed by atoms with Gasteiger partial charge in [-0.3, -0.25) is 14.5 Å². The molecule has 2 amide bonds. The highest BCUT2D eigenvalue weighted by molar-refractivity contribution is 6.05. The first kappa shape index (κ1) is 29.0. The maximum atomic E-state index is 13.5. The fraction of sp³-hybridized carbons (Fsp3) is 0.290. The maximum absolute atomic E-state index is 13.5. The molecule has 0 spiro atoms. The van der Waals surface area contributed by atoms with Crippen LogP contribution < -0.4 is 15.8 Å². The zero-order valence-electron chi connectivity index (χ0n) is 22.8. The number of rotatable bonds is 9. The summed E-state index contributed by atoms with van der Waals surface area (Å²) in [5.41, 5.74) is 7.85. The third-order valence-corrected chi connectivity index (χ3v) is 7.30. The number of carbonyl (C=O) groups is 2. The molecule has 0 bridgehead atoms. The van der Waals surface area contributed by atoms with Crippen LogP contribution in [0.25, 0.3) is 11.0 Å². The van der Waals surface area contributed by atoms with Gasteiger partial charge in [0.15, 0.2) is 5.76 Å². The number of hydrogen-bond donors (Lipinski definition) is 2. The summed E-state index contributed by atoms with van der Waals surface area (Å²) < 4.78 is 51.1. The summed E-state index contributed by atoms with van der Waals surface area (Å²) in [5, 5.41) is 3.55. The topological polar surface area (TPSA) is 101 Å². The van der Waals surface area contributed by atoms with Crippen molar-refractivity contribution in [2.75, 3.05) is 44.0 Å². The first-order chi connectivity index (χ1) is 20.2. The molecule has 5 rings (SSSR count). The number of benzene rings is 3. The second-order valence-corrected chi connectivity index (χ2v) is 10.2. The Morgan fingerprint density at radius 3 is 2.38 bits per heavy atom. The molecule has 1 aliphatic rings. The van der Waals surface area contributed by atoms with Gasteiger partial charge in [-0.1, -0.05) is 30.3 Å². The van der Waals surface area contributed by atoms with E-state index in [0.29, 0.717) is 28.3 Å². The van der Waals surface area contributed by atoms with Crippen molar-refractivity contribution in [1.29, 1.82) is 0 Å². The molecule has 8 nitrogen and oxygen atoms in total. The van der Waals surface area contributed by atoms with Gasteiger partial charge in [0.25, 0.3) is 11.8 Å². The highest BCUT2D eigenvalue weighted by Crippen LogP contribution is 2.34. The molecule has 3 N–H and O–H groups in total. The normalized spacial score (nSPS) is 14.5. The average Bonchev–Trinajstić information content (AvgIpc) is 3.42. The van der Waals surface area contributed by atoms with Crippen molar-refractivity contribution in [3.63, 3.8) is 0 Å². The van der Waals surface area contributed by atoms with E-state index in [1.54, 1.807) is 60.7 Å². The summed E-state index contributed by atoms with van der Waals surface area (Å²) in [4.78, 5) is 29.4. The van der Waals surface area contributed by atoms with Crippen LogP contribution in [-0.4, -0.2) is 60.7 Å². The summed E-state index contributed by atoms with van der Waals surface area (Å²) in [5.74, 6) is -1.38. The van der Waals surface area contributed by atoms with Crippen molar-refractivity contribution in [2.45, 2.75) is 19.0 Å². The molecule has 0 atom stereocenters. The Balaban J connectivity index is 1.21. The van der Waals surface area contributed by atoms with Crippen molar-refractivity contribution in [2.24, 2.45) is 5.92 Å². The Hall–Kier alpha value is -4.51. The van der Waals surface area contributed by atoms with Gasteiger partial charge in [-0.25, -0.2) is 0 Å². The number of halogens is 3. The maximum Gasteiger partial charge on any atom is 0.391 e. The number of hydrogen-bond acceptors (Lipinski definition) is 6. The van der Waals surface area contributed by atoms with Crippen molar-refractivity contribution in [3.8, 4) is 5.75 Å². The predicted octanol–water partition coefficient (Wildman–Crippen LogP) is 6.02. The molecule has 1 aromatic heterocycles. The summed E-state index contributed by atoms with van der Waals surface area (Å²) in [6.45, 7) is 0.896. The van der Waals surface area contributed by atoms with Gasteiger partial charge >= 0.3 is 6.18 Å². The summed E-state index contributed by atoms with van der Waals surface area (Å²) in [6, 6.07) is 22.4. The van der Waals surface area contributed by atoms with E-state index in [4.69, 9.17) is 14.9 Å². The van der Waals surface area contributed by atoms with E-state index >= 15 is 0 Å². The number of nitrogens with two attached hydrogens (primary N) is 1. The first-order valence-electron chi connectivity index (χ1n) is 13.6. The second kappa shape index (κ2) is 12.6. The van der Waals surface area contributed by atoms with Gasteiger partial charge in [0.2, 0.25) is 0 Å². The fourth-order valence-corrected chi connectivity index (χ4v) is 4.90. The number of nitrogen functional groups attached to an aromatic ring is 1. The summed E-state index contributed by atoms with van der Waals surface area (Å²) >= 11 is 0. The van der Waals surface area contributed by atoms with E-state index < -0.39 is 12.1 Å². The molecule has 1 aliphatic heterocycles. The van der Waals surface area contributed by atoms with Crippen LogP contribution >= 0.6 is 0 Å². The van der Waals surface area contributed by atoms with Gasteiger partial charge in [0.05, 0.1) is 30.5 Å². The molecule has 42 heavy (non-hydrogen) atoms. The average molecular weight is 581 g/mol. The number of ether oxygens (including phenoxy) is 1. The molecular formula is C31H31F3N4O4. The van der Waals surface area contributed by atoms with Gasteiger partial charge in [0.1, 0.15) is 17.9 Å². The van der Waals surface area contributed by atoms with Gasteiger partial charge in [0, 0.05) is 24.0 Å². The standard InChI is InChI=1S/C31H31F3N4O4/c32-31(33,34)23-13-15-37(16-14-23)20-38(30(40)28-19-22-5-1-4-8-27(22)42-28)17-18-41-24-11-9-21(10-12-24)29(39)36-26-7-3-2-6-25(26)35/h1-12,19,23H,13-18,20,35H2,(H,36,39). The van der Waals surface area contributed by atoms with Crippen LogP contribution in [0.5, 0.6) is 5.75 Å². The molecule has 4 aromatic rings. The van der Waals surface area contributed by atoms with Crippen LogP contribution in [0.1, 0.15) is 33.8 Å². The fourth-order valence-electron chi connectivity index (χ4n) is 4.90. The summed E-state index contributed by atoms with van der Waals surface area (Å²) in [6.07, 6.45) is -4.23. The number of nitrogens with zero attached hydrogens (tertiary/aromatic N) is 2. The van der Waals surface area contributed by atoms with E-state index in [9.17, 15) is 22.8 Å². The van der Waals surface area contributed by atoms with Gasteiger partial charge in [-0.05, 0) is 61.4 Å². The highest BCUT2D eigenvalue weighted by Gasteiger charge is 2.41. The monoisotopic (exact) mass is 580 g/mol. The first-order valence-corrected chi connectivity index (χ1v) is 13.6. The summed E-state index contributed by atoms with van der Waals surface area (Å²) in [7, 11) is 0. The van der Waals surface area contributed by atoms with Crippen LogP contribution in [0.4, 0.5) is 24.5 Å². The molecule has 0 aliphatic carbocycles. The molecule has 220 valence electrons. The second-order valence-electron chi connectivity index (χ2n) is 10.2. The molecule has 1 fully saturated rings. The zero-order chi connectivity index (χ0) is 29.7. The minimum Gasteiger partial charge on any atom is -0.492 e. The number of carbonyl (C=O) groups excluding carboxylic acids is 2. The number of anilines is 2. The molecule has 1 saturated heterocycles. The minimum atomic E-state index is -4.21. The molecule has 0 radical (unpaired) electrons. The number of nitrogens with one attached hydrogen (secondary N) is 1. The Labute approximate surface area is 240 Å². The predicted molar refractivity (Wildman–Crippen MR) is 153 cm³/mol. The van der Waals surface area contributed by atoms with E-state index in [1.807, 2.05) is 23.1 Å². The lowest BCUT2D eigenvalue weighted by atomic mass is 9.96. The number of para-hydroxylation sites is 3. The van der Waals surface area contributed by atoms with Crippen LogP contribution in [-0.2, 0) is 0 Å². The lowest BCUT2D eigenvalue weighted by Gasteiger charge is -2.36. The van der Waals surface area contributed by atoms with Crippen LogP contribution in [0.3, 0.4) is 0 Å². The van der Waals surface area contributed by atoms with E-state index in [0.717, 1.165) is 5.39 Å². The van der Waals surface area contributed by atoms with Crippen LogP contribution in [0.2, 0.25) is 0 Å². The van der Waals surface area contributed by atoms with Gasteiger partial charge in [-0.2, -0.15) is 13.2 Å². The zero-order valence-corrected chi connectivity index (χ0v) is 22.8. The van der Waals surface area contributed by atoms with Gasteiger partial charge in [-0.15, -0.1) is 0 Å². The quantitative estimate of drug-likeness (QED) is 0.235. The molecule has 0 saturated carbocycles. The lowest BCUT2D eigenvalue weighted by Crippen LogP contribution is -2.47. The van der Waals surface area contributed by atoms with Crippen molar-refractivity contribution >= 4 is 34.2 Å². The highest BCUT2D eigenvalue weighted by atomic mass is 19.4. The Bertz CT molecular complexity index is 1500. The SMILES string of the molecule is Nc1ccccc1NC(=O)c1ccc(OCCN(CN2CCC(C(F)(F)F)CC2)C(=O)c2cc3ccccc3o2)cc1. The smallest absolute Gasteiger partial charge is 0.391 e. The molecule has 11 heteroatoms. The van der Waals surface area contributed by atoms with Gasteiger partial charge < -0.3 is 25.1 Å². The van der Waals surface area contributed by atoms with E-state index in [2.05, 4.69) is 5.32 Å².